The Labute approximate surface area is 138 Å². The second-order valence-electron chi connectivity index (χ2n) is 5.58. The molecule has 0 saturated carbocycles. The van der Waals surface area contributed by atoms with Crippen LogP contribution < -0.4 is 4.90 Å². The van der Waals surface area contributed by atoms with E-state index in [0.29, 0.717) is 11.3 Å². The third kappa shape index (κ3) is 2.47. The van der Waals surface area contributed by atoms with Gasteiger partial charge in [0, 0.05) is 11.1 Å². The number of para-hydroxylation sites is 1. The van der Waals surface area contributed by atoms with E-state index in [1.807, 2.05) is 0 Å². The molecule has 0 fully saturated rings. The lowest BCUT2D eigenvalue weighted by Gasteiger charge is -2.21. The van der Waals surface area contributed by atoms with Crippen molar-refractivity contribution in [3.63, 3.8) is 0 Å². The SMILES string of the molecule is C#CCN1C(=O)[C@](O)(CC(=O)c2ccc(F)cc2)c2ccccc21. The van der Waals surface area contributed by atoms with E-state index >= 15 is 0 Å². The van der Waals surface area contributed by atoms with Gasteiger partial charge in [0.2, 0.25) is 0 Å². The molecule has 1 aliphatic rings. The molecule has 0 aromatic heterocycles. The number of nitrogens with zero attached hydrogens (tertiary/aromatic N) is 1. The van der Waals surface area contributed by atoms with Crippen LogP contribution in [0.5, 0.6) is 0 Å². The molecule has 120 valence electrons. The summed E-state index contributed by atoms with van der Waals surface area (Å²) in [7, 11) is 0. The van der Waals surface area contributed by atoms with E-state index < -0.39 is 29.5 Å². The summed E-state index contributed by atoms with van der Waals surface area (Å²) in [4.78, 5) is 26.4. The summed E-state index contributed by atoms with van der Waals surface area (Å²) in [5, 5.41) is 10.9. The van der Waals surface area contributed by atoms with Crippen LogP contribution in [0.2, 0.25) is 0 Å². The monoisotopic (exact) mass is 323 g/mol. The Morgan fingerprint density at radius 3 is 2.54 bits per heavy atom. The molecule has 0 aliphatic carbocycles. The van der Waals surface area contributed by atoms with Crippen molar-refractivity contribution in [2.75, 3.05) is 11.4 Å². The molecule has 2 aromatic carbocycles. The number of Topliss-reactive ketones (excluding diaryl/α,β-unsaturated/α-hetero) is 1. The first-order valence-corrected chi connectivity index (χ1v) is 7.33. The lowest BCUT2D eigenvalue weighted by Crippen LogP contribution is -2.42. The van der Waals surface area contributed by atoms with Crippen molar-refractivity contribution in [2.45, 2.75) is 12.0 Å². The van der Waals surface area contributed by atoms with Gasteiger partial charge in [-0.2, -0.15) is 0 Å². The Kier molecular flexibility index (Phi) is 3.92. The lowest BCUT2D eigenvalue weighted by molar-refractivity contribution is -0.135. The smallest absolute Gasteiger partial charge is 0.265 e. The second kappa shape index (κ2) is 5.91. The number of carbonyl (C=O) groups is 2. The lowest BCUT2D eigenvalue weighted by atomic mass is 9.88. The molecule has 24 heavy (non-hydrogen) atoms. The molecule has 0 saturated heterocycles. The topological polar surface area (TPSA) is 57.6 Å². The first-order valence-electron chi connectivity index (χ1n) is 7.33. The highest BCUT2D eigenvalue weighted by Gasteiger charge is 2.50. The molecule has 1 amide bonds. The number of amides is 1. The average molecular weight is 323 g/mol. The van der Waals surface area contributed by atoms with Crippen molar-refractivity contribution in [2.24, 2.45) is 0 Å². The summed E-state index contributed by atoms with van der Waals surface area (Å²) < 4.78 is 13.0. The fraction of sp³-hybridized carbons (Fsp3) is 0.158. The van der Waals surface area contributed by atoms with Crippen LogP contribution in [0.3, 0.4) is 0 Å². The molecule has 2 aromatic rings. The van der Waals surface area contributed by atoms with Gasteiger partial charge in [0.1, 0.15) is 5.82 Å². The minimum Gasteiger partial charge on any atom is -0.375 e. The van der Waals surface area contributed by atoms with Crippen LogP contribution in [0.15, 0.2) is 48.5 Å². The van der Waals surface area contributed by atoms with Gasteiger partial charge in [0.25, 0.3) is 5.91 Å². The number of rotatable bonds is 4. The molecular formula is C19H14FNO3. The van der Waals surface area contributed by atoms with Crippen LogP contribution in [0.4, 0.5) is 10.1 Å². The number of halogens is 1. The first kappa shape index (κ1) is 15.9. The summed E-state index contributed by atoms with van der Waals surface area (Å²) >= 11 is 0. The van der Waals surface area contributed by atoms with Gasteiger partial charge in [0.15, 0.2) is 11.4 Å². The number of benzene rings is 2. The number of aliphatic hydroxyl groups is 1. The quantitative estimate of drug-likeness (QED) is 0.694. The van der Waals surface area contributed by atoms with Gasteiger partial charge in [-0.05, 0) is 30.3 Å². The highest BCUT2D eigenvalue weighted by molar-refractivity contribution is 6.10. The van der Waals surface area contributed by atoms with Crippen molar-refractivity contribution in [1.29, 1.82) is 0 Å². The Morgan fingerprint density at radius 1 is 1.21 bits per heavy atom. The van der Waals surface area contributed by atoms with Crippen LogP contribution in [0, 0.1) is 18.2 Å². The summed E-state index contributed by atoms with van der Waals surface area (Å²) in [5.74, 6) is 0.829. The predicted octanol–water partition coefficient (Wildman–Crippen LogP) is 2.27. The fourth-order valence-corrected chi connectivity index (χ4v) is 2.90. The van der Waals surface area contributed by atoms with E-state index in [2.05, 4.69) is 5.92 Å². The van der Waals surface area contributed by atoms with Gasteiger partial charge in [-0.25, -0.2) is 4.39 Å². The molecule has 0 spiro atoms. The largest absolute Gasteiger partial charge is 0.375 e. The highest BCUT2D eigenvalue weighted by Crippen LogP contribution is 2.42. The van der Waals surface area contributed by atoms with E-state index in [-0.39, 0.29) is 12.1 Å². The Bertz CT molecular complexity index is 854. The molecule has 0 radical (unpaired) electrons. The number of fused-ring (bicyclic) bond motifs is 1. The Balaban J connectivity index is 1.97. The summed E-state index contributed by atoms with van der Waals surface area (Å²) in [6.45, 7) is 0.00287. The maximum Gasteiger partial charge on any atom is 0.265 e. The molecule has 0 bridgehead atoms. The number of carbonyl (C=O) groups excluding carboxylic acids is 2. The Morgan fingerprint density at radius 2 is 1.88 bits per heavy atom. The molecule has 1 aliphatic heterocycles. The normalized spacial score (nSPS) is 19.0. The molecule has 5 heteroatoms. The van der Waals surface area contributed by atoms with Crippen LogP contribution in [-0.4, -0.2) is 23.3 Å². The van der Waals surface area contributed by atoms with Gasteiger partial charge in [-0.15, -0.1) is 6.42 Å². The zero-order chi connectivity index (χ0) is 17.3. The second-order valence-corrected chi connectivity index (χ2v) is 5.58. The third-order valence-corrected chi connectivity index (χ3v) is 4.07. The van der Waals surface area contributed by atoms with Crippen LogP contribution >= 0.6 is 0 Å². The molecule has 3 rings (SSSR count). The number of hydrogen-bond donors (Lipinski definition) is 1. The van der Waals surface area contributed by atoms with Crippen LogP contribution in [-0.2, 0) is 10.4 Å². The summed E-state index contributed by atoms with van der Waals surface area (Å²) in [5.41, 5.74) is -0.903. The van der Waals surface area contributed by atoms with Gasteiger partial charge in [0.05, 0.1) is 18.7 Å². The van der Waals surface area contributed by atoms with Gasteiger partial charge in [-0.1, -0.05) is 24.1 Å². The number of terminal acetylenes is 1. The van der Waals surface area contributed by atoms with Gasteiger partial charge in [-0.3, -0.25) is 14.5 Å². The predicted molar refractivity (Wildman–Crippen MR) is 86.9 cm³/mol. The van der Waals surface area contributed by atoms with E-state index in [0.717, 1.165) is 12.1 Å². The van der Waals surface area contributed by atoms with Crippen molar-refractivity contribution in [3.8, 4) is 12.3 Å². The molecule has 1 heterocycles. The number of anilines is 1. The Hall–Kier alpha value is -2.97. The van der Waals surface area contributed by atoms with Crippen molar-refractivity contribution in [3.05, 3.63) is 65.5 Å². The van der Waals surface area contributed by atoms with Crippen molar-refractivity contribution < 1.29 is 19.1 Å². The minimum absolute atomic E-state index is 0.00287. The summed E-state index contributed by atoms with van der Waals surface area (Å²) in [6, 6.07) is 11.6. The van der Waals surface area contributed by atoms with E-state index in [9.17, 15) is 19.1 Å². The van der Waals surface area contributed by atoms with Gasteiger partial charge >= 0.3 is 0 Å². The summed E-state index contributed by atoms with van der Waals surface area (Å²) in [6.07, 6.45) is 4.86. The van der Waals surface area contributed by atoms with Crippen LogP contribution in [0.1, 0.15) is 22.3 Å². The molecule has 1 atom stereocenters. The van der Waals surface area contributed by atoms with Gasteiger partial charge < -0.3 is 5.11 Å². The highest BCUT2D eigenvalue weighted by atomic mass is 19.1. The number of hydrogen-bond acceptors (Lipinski definition) is 3. The standard InChI is InChI=1S/C19H14FNO3/c1-2-11-21-16-6-4-3-5-15(16)19(24,18(21)23)12-17(22)13-7-9-14(20)10-8-13/h1,3-10,24H,11-12H2/t19-/m0/s1. The van der Waals surface area contributed by atoms with E-state index in [4.69, 9.17) is 6.42 Å². The molecule has 0 unspecified atom stereocenters. The average Bonchev–Trinajstić information content (AvgIpc) is 2.78. The maximum atomic E-state index is 13.0. The van der Waals surface area contributed by atoms with E-state index in [1.165, 1.54) is 17.0 Å². The van der Waals surface area contributed by atoms with E-state index in [1.54, 1.807) is 24.3 Å². The molecule has 1 N–H and O–H groups in total. The third-order valence-electron chi connectivity index (χ3n) is 4.07. The maximum absolute atomic E-state index is 13.0. The number of ketones is 1. The van der Waals surface area contributed by atoms with Crippen LogP contribution in [0.25, 0.3) is 0 Å². The molecular weight excluding hydrogens is 309 g/mol. The zero-order valence-electron chi connectivity index (χ0n) is 12.7. The van der Waals surface area contributed by atoms with Crippen molar-refractivity contribution >= 4 is 17.4 Å². The van der Waals surface area contributed by atoms with Crippen molar-refractivity contribution in [1.82, 2.24) is 0 Å². The molecule has 4 nitrogen and oxygen atoms in total. The fourth-order valence-electron chi connectivity index (χ4n) is 2.90. The first-order chi connectivity index (χ1) is 11.5. The minimum atomic E-state index is -1.97. The zero-order valence-corrected chi connectivity index (χ0v) is 12.7.